The van der Waals surface area contributed by atoms with Gasteiger partial charge in [-0.3, -0.25) is 19.2 Å². The van der Waals surface area contributed by atoms with Crippen LogP contribution in [0.25, 0.3) is 0 Å². The van der Waals surface area contributed by atoms with E-state index in [1.165, 1.54) is 27.7 Å². The number of allylic oxidation sites excluding steroid dienone is 2. The molecule has 0 aromatic rings. The first-order chi connectivity index (χ1) is 21.6. The molecule has 0 bridgehead atoms. The van der Waals surface area contributed by atoms with Crippen LogP contribution in [0, 0.1) is 39.4 Å². The fourth-order valence-corrected chi connectivity index (χ4v) is 10.9. The van der Waals surface area contributed by atoms with Crippen molar-refractivity contribution < 1.29 is 43.2 Å². The van der Waals surface area contributed by atoms with Crippen molar-refractivity contribution in [2.75, 3.05) is 6.61 Å². The van der Waals surface area contributed by atoms with Crippen molar-refractivity contribution in [3.8, 4) is 0 Å². The lowest BCUT2D eigenvalue weighted by Gasteiger charge is -2.62. The van der Waals surface area contributed by atoms with Crippen LogP contribution in [0.4, 0.5) is 0 Å². The molecule has 0 heterocycles. The molecule has 9 heteroatoms. The van der Waals surface area contributed by atoms with Gasteiger partial charge in [0.1, 0.15) is 18.3 Å². The smallest absolute Gasteiger partial charge is 0.303 e. The maximum atomic E-state index is 12.5. The molecule has 9 nitrogen and oxygen atoms in total. The van der Waals surface area contributed by atoms with Crippen LogP contribution in [-0.4, -0.2) is 59.5 Å². The Morgan fingerprint density at radius 3 is 2.00 bits per heavy atom. The molecule has 0 spiro atoms. The van der Waals surface area contributed by atoms with Crippen LogP contribution in [0.3, 0.4) is 0 Å². The van der Waals surface area contributed by atoms with Crippen LogP contribution in [0.1, 0.15) is 134 Å². The Morgan fingerprint density at radius 1 is 0.809 bits per heavy atom. The Morgan fingerprint density at radius 2 is 1.45 bits per heavy atom. The van der Waals surface area contributed by atoms with Crippen molar-refractivity contribution in [2.24, 2.45) is 39.4 Å². The summed E-state index contributed by atoms with van der Waals surface area (Å²) in [4.78, 5) is 48.8. The second kappa shape index (κ2) is 13.1. The third kappa shape index (κ3) is 6.89. The average Bonchev–Trinajstić information content (AvgIpc) is 3.20. The molecule has 4 aliphatic rings. The molecule has 47 heavy (non-hydrogen) atoms. The molecule has 0 unspecified atom stereocenters. The Kier molecular flexibility index (Phi) is 10.4. The van der Waals surface area contributed by atoms with Crippen LogP contribution in [0.2, 0.25) is 0 Å². The average molecular weight is 661 g/mol. The Hall–Kier alpha value is -2.42. The number of aliphatic hydroxyl groups is 1. The summed E-state index contributed by atoms with van der Waals surface area (Å²) < 4.78 is 23.1. The first-order valence-corrected chi connectivity index (χ1v) is 17.7. The van der Waals surface area contributed by atoms with Crippen molar-refractivity contribution >= 4 is 23.9 Å². The van der Waals surface area contributed by atoms with E-state index >= 15 is 0 Å². The molecule has 2 fully saturated rings. The summed E-state index contributed by atoms with van der Waals surface area (Å²) in [6, 6.07) is 0. The van der Waals surface area contributed by atoms with Gasteiger partial charge in [-0.15, -0.1) is 0 Å². The molecule has 4 aliphatic carbocycles. The summed E-state index contributed by atoms with van der Waals surface area (Å²) in [6.07, 6.45) is 5.98. The van der Waals surface area contributed by atoms with Gasteiger partial charge in [-0.05, 0) is 93.3 Å². The number of hydrogen-bond acceptors (Lipinski definition) is 9. The molecular formula is C38H60O9. The number of esters is 4. The highest BCUT2D eigenvalue weighted by Crippen LogP contribution is 2.72. The van der Waals surface area contributed by atoms with Gasteiger partial charge in [-0.2, -0.15) is 0 Å². The highest BCUT2D eigenvalue weighted by atomic mass is 16.6. The third-order valence-corrected chi connectivity index (χ3v) is 13.4. The lowest BCUT2D eigenvalue weighted by molar-refractivity contribution is -0.173. The molecule has 9 atom stereocenters. The summed E-state index contributed by atoms with van der Waals surface area (Å²) in [5.41, 5.74) is 1.39. The summed E-state index contributed by atoms with van der Waals surface area (Å²) >= 11 is 0. The Bertz CT molecular complexity index is 1280. The molecule has 2 saturated carbocycles. The van der Waals surface area contributed by atoms with Gasteiger partial charge >= 0.3 is 23.9 Å². The van der Waals surface area contributed by atoms with Crippen LogP contribution >= 0.6 is 0 Å². The normalized spacial score (nSPS) is 34.9. The third-order valence-electron chi connectivity index (χ3n) is 13.4. The molecule has 0 radical (unpaired) electrons. The van der Waals surface area contributed by atoms with Crippen LogP contribution in [-0.2, 0) is 38.1 Å². The van der Waals surface area contributed by atoms with Crippen molar-refractivity contribution in [2.45, 2.75) is 158 Å². The van der Waals surface area contributed by atoms with E-state index in [1.54, 1.807) is 25.0 Å². The molecule has 4 rings (SSSR count). The molecular weight excluding hydrogens is 600 g/mol. The lowest BCUT2D eigenvalue weighted by Crippen LogP contribution is -2.56. The summed E-state index contributed by atoms with van der Waals surface area (Å²) in [5, 5.41) is 11.0. The van der Waals surface area contributed by atoms with E-state index in [-0.39, 0.29) is 58.6 Å². The standard InChI is InChI=1S/C38H60O9/c1-22(39)44-21-26(30(45-23(2)40)20-33(35(7,8)43)47-25(4)42)27-14-18-38(11)29-12-13-31-34(5,6)32(46-24(3)41)16-17-36(31,9)28(29)15-19-37(27,38)10/h26-27,30-33,43H,12-21H2,1-11H3/t26-,27+,30+,31-,32-,33+,36+,37+,38-/m0/s1. The number of carbonyl (C=O) groups excluding carboxylic acids is 4. The van der Waals surface area contributed by atoms with Crippen molar-refractivity contribution in [3.63, 3.8) is 0 Å². The fraction of sp³-hybridized carbons (Fsp3) is 0.842. The lowest BCUT2D eigenvalue weighted by atomic mass is 9.43. The van der Waals surface area contributed by atoms with Gasteiger partial charge in [0.25, 0.3) is 0 Å². The van der Waals surface area contributed by atoms with Crippen LogP contribution in [0.5, 0.6) is 0 Å². The van der Waals surface area contributed by atoms with E-state index in [4.69, 9.17) is 18.9 Å². The molecule has 0 amide bonds. The van der Waals surface area contributed by atoms with Gasteiger partial charge in [-0.25, -0.2) is 0 Å². The highest BCUT2D eigenvalue weighted by Gasteiger charge is 2.65. The summed E-state index contributed by atoms with van der Waals surface area (Å²) in [5.74, 6) is -1.53. The Balaban J connectivity index is 1.73. The maximum Gasteiger partial charge on any atom is 0.303 e. The Labute approximate surface area is 281 Å². The van der Waals surface area contributed by atoms with E-state index < -0.39 is 35.7 Å². The monoisotopic (exact) mass is 660 g/mol. The van der Waals surface area contributed by atoms with Crippen molar-refractivity contribution in [1.29, 1.82) is 0 Å². The van der Waals surface area contributed by atoms with E-state index in [0.717, 1.165) is 51.4 Å². The van der Waals surface area contributed by atoms with E-state index in [9.17, 15) is 24.3 Å². The number of fused-ring (bicyclic) bond motifs is 4. The fourth-order valence-electron chi connectivity index (χ4n) is 10.9. The minimum atomic E-state index is -1.38. The second-order valence-corrected chi connectivity index (χ2v) is 16.9. The van der Waals surface area contributed by atoms with Gasteiger partial charge < -0.3 is 24.1 Å². The zero-order valence-electron chi connectivity index (χ0n) is 30.7. The topological polar surface area (TPSA) is 125 Å². The predicted octanol–water partition coefficient (Wildman–Crippen LogP) is 6.87. The first kappa shape index (κ1) is 37.4. The minimum Gasteiger partial charge on any atom is -0.465 e. The van der Waals surface area contributed by atoms with Gasteiger partial charge in [0.05, 0.1) is 12.2 Å². The highest BCUT2D eigenvalue weighted by molar-refractivity contribution is 5.67. The molecule has 1 N–H and O–H groups in total. The first-order valence-electron chi connectivity index (χ1n) is 17.7. The number of ether oxygens (including phenoxy) is 4. The zero-order valence-corrected chi connectivity index (χ0v) is 30.7. The van der Waals surface area contributed by atoms with Crippen LogP contribution < -0.4 is 0 Å². The van der Waals surface area contributed by atoms with Crippen LogP contribution in [0.15, 0.2) is 11.1 Å². The molecule has 0 aromatic heterocycles. The number of hydrogen-bond donors (Lipinski definition) is 1. The minimum absolute atomic E-state index is 0.0253. The number of rotatable bonds is 10. The maximum absolute atomic E-state index is 12.5. The van der Waals surface area contributed by atoms with Gasteiger partial charge in [0.15, 0.2) is 0 Å². The van der Waals surface area contributed by atoms with E-state index in [0.29, 0.717) is 5.92 Å². The van der Waals surface area contributed by atoms with Gasteiger partial charge in [0.2, 0.25) is 0 Å². The summed E-state index contributed by atoms with van der Waals surface area (Å²) in [7, 11) is 0. The van der Waals surface area contributed by atoms with E-state index in [2.05, 4.69) is 34.6 Å². The molecule has 266 valence electrons. The van der Waals surface area contributed by atoms with E-state index in [1.807, 2.05) is 0 Å². The van der Waals surface area contributed by atoms with Gasteiger partial charge in [0, 0.05) is 45.4 Å². The van der Waals surface area contributed by atoms with Crippen molar-refractivity contribution in [1.82, 2.24) is 0 Å². The molecule has 0 saturated heterocycles. The summed E-state index contributed by atoms with van der Waals surface area (Å²) in [6.45, 7) is 20.6. The molecule has 0 aromatic carbocycles. The SMILES string of the molecule is CC(=O)OC[C@@H]([C@H]1CC[C@@]2(C)C3=C(CC[C@]12C)[C@@]1(C)CC[C@H](OC(C)=O)C(C)(C)[C@@H]1CC3)[C@@H](C[C@@H](OC(C)=O)C(C)(C)O)OC(C)=O. The predicted molar refractivity (Wildman–Crippen MR) is 177 cm³/mol. The quantitative estimate of drug-likeness (QED) is 0.152. The molecule has 0 aliphatic heterocycles. The zero-order chi connectivity index (χ0) is 35.3. The largest absolute Gasteiger partial charge is 0.465 e. The van der Waals surface area contributed by atoms with Gasteiger partial charge in [-0.1, -0.05) is 45.8 Å². The second-order valence-electron chi connectivity index (χ2n) is 16.9. The van der Waals surface area contributed by atoms with Crippen molar-refractivity contribution in [3.05, 3.63) is 11.1 Å². The number of carbonyl (C=O) groups is 4.